The first-order valence-corrected chi connectivity index (χ1v) is 29.5. The minimum absolute atomic E-state index is 0.0491. The maximum atomic E-state index is 2.62. The molecule has 77 heavy (non-hydrogen) atoms. The van der Waals surface area contributed by atoms with Gasteiger partial charge in [-0.25, -0.2) is 0 Å². The monoisotopic (exact) mass is 1020 g/mol. The third-order valence-corrected chi connectivity index (χ3v) is 18.7. The van der Waals surface area contributed by atoms with Crippen LogP contribution < -0.4 is 37.7 Å². The molecule has 0 aromatic heterocycles. The van der Waals surface area contributed by atoms with Gasteiger partial charge in [-0.05, 0) is 139 Å². The van der Waals surface area contributed by atoms with Gasteiger partial charge in [0, 0.05) is 15.5 Å². The summed E-state index contributed by atoms with van der Waals surface area (Å²) in [5.41, 5.74) is 28.4. The van der Waals surface area contributed by atoms with Crippen LogP contribution in [0.15, 0.2) is 198 Å². The number of hydrogen-bond donors (Lipinski definition) is 0. The van der Waals surface area contributed by atoms with Gasteiger partial charge in [0.25, 0.3) is 0 Å². The molecule has 1 nitrogen and oxygen atoms in total. The van der Waals surface area contributed by atoms with Crippen molar-refractivity contribution in [1.29, 1.82) is 0 Å². The highest BCUT2D eigenvalue weighted by atomic mass is 32.2. The van der Waals surface area contributed by atoms with E-state index < -0.39 is 5.41 Å². The second kappa shape index (κ2) is 19.9. The van der Waals surface area contributed by atoms with Crippen LogP contribution in [0.2, 0.25) is 0 Å². The van der Waals surface area contributed by atoms with Crippen molar-refractivity contribution in [2.24, 2.45) is 0 Å². The average molecular weight is 1020 g/mol. The Kier molecular flexibility index (Phi) is 13.2. The number of para-hydroxylation sites is 2. The van der Waals surface area contributed by atoms with Crippen LogP contribution in [0, 0.1) is 0 Å². The average Bonchev–Trinajstić information content (AvgIpc) is 3.46. The Morgan fingerprint density at radius 2 is 0.727 bits per heavy atom. The Balaban J connectivity index is 1.10. The number of benzene rings is 9. The van der Waals surface area contributed by atoms with Crippen LogP contribution in [0.5, 0.6) is 0 Å². The molecule has 4 heteroatoms. The van der Waals surface area contributed by atoms with Gasteiger partial charge in [-0.2, -0.15) is 0 Å². The molecule has 0 amide bonds. The molecule has 0 bridgehead atoms. The molecule has 0 fully saturated rings. The Labute approximate surface area is 465 Å². The molecule has 0 N–H and O–H groups in total. The Hall–Kier alpha value is -6.74. The highest BCUT2D eigenvalue weighted by Crippen LogP contribution is 2.62. The lowest BCUT2D eigenvalue weighted by atomic mass is 9.20. The van der Waals surface area contributed by atoms with Gasteiger partial charge >= 0.3 is 0 Å². The van der Waals surface area contributed by atoms with Gasteiger partial charge in [-0.3, -0.25) is 0 Å². The summed E-state index contributed by atoms with van der Waals surface area (Å²) in [6.07, 6.45) is 0. The Morgan fingerprint density at radius 1 is 0.338 bits per heavy atom. The molecule has 0 saturated carbocycles. The van der Waals surface area contributed by atoms with E-state index in [0.717, 1.165) is 5.69 Å². The van der Waals surface area contributed by atoms with Crippen molar-refractivity contribution in [1.82, 2.24) is 0 Å². The first-order chi connectivity index (χ1) is 37.2. The second-order valence-electron chi connectivity index (χ2n) is 24.3. The van der Waals surface area contributed by atoms with Gasteiger partial charge in [0.15, 0.2) is 0 Å². The van der Waals surface area contributed by atoms with Crippen LogP contribution in [-0.4, -0.2) is 13.4 Å². The van der Waals surface area contributed by atoms with Crippen LogP contribution >= 0.6 is 11.8 Å². The largest absolute Gasteiger partial charge is 0.310 e. The number of rotatable bonds is 10. The van der Waals surface area contributed by atoms with Crippen LogP contribution in [-0.2, 0) is 5.41 Å². The van der Waals surface area contributed by atoms with Crippen molar-refractivity contribution in [3.63, 3.8) is 0 Å². The van der Waals surface area contributed by atoms with Crippen LogP contribution in [0.3, 0.4) is 0 Å². The maximum absolute atomic E-state index is 2.62. The molecule has 382 valence electrons. The molecular formula is C73H73B2NS. The quantitative estimate of drug-likeness (QED) is 0.126. The molecule has 3 heterocycles. The molecule has 3 aliphatic heterocycles. The molecule has 0 atom stereocenters. The zero-order valence-electron chi connectivity index (χ0n) is 47.4. The van der Waals surface area contributed by atoms with E-state index in [4.69, 9.17) is 0 Å². The molecule has 1 spiro atoms. The first kappa shape index (κ1) is 51.0. The van der Waals surface area contributed by atoms with E-state index in [9.17, 15) is 0 Å². The lowest BCUT2D eigenvalue weighted by Gasteiger charge is -2.49. The van der Waals surface area contributed by atoms with Gasteiger partial charge in [-0.1, -0.05) is 279 Å². The SMILES string of the molecule is CC(C)c1cc(C(C)C)c(B2c3ccccc3B(c3c(C(C)C)cc(C(C)C)cc3C(C)C)c3cc(-c4cccc(N5c6ccccc6C6(c7ccccc7Sc7ccccc76)c6ccccc65)c4)ccc32)c(C(C)C)c1. The van der Waals surface area contributed by atoms with Gasteiger partial charge in [0.05, 0.1) is 16.8 Å². The van der Waals surface area contributed by atoms with E-state index >= 15 is 0 Å². The predicted octanol–water partition coefficient (Wildman–Crippen LogP) is 16.1. The van der Waals surface area contributed by atoms with Crippen molar-refractivity contribution in [3.8, 4) is 11.1 Å². The Bertz CT molecular complexity index is 3590. The van der Waals surface area contributed by atoms with E-state index in [0.29, 0.717) is 35.5 Å². The third kappa shape index (κ3) is 8.22. The lowest BCUT2D eigenvalue weighted by Crippen LogP contribution is -2.76. The molecule has 0 saturated heterocycles. The van der Waals surface area contributed by atoms with Crippen molar-refractivity contribution < 1.29 is 0 Å². The van der Waals surface area contributed by atoms with E-state index in [1.807, 2.05) is 11.8 Å². The highest BCUT2D eigenvalue weighted by molar-refractivity contribution is 7.99. The minimum atomic E-state index is -0.489. The smallest absolute Gasteiger partial charge is 0.240 e. The summed E-state index contributed by atoms with van der Waals surface area (Å²) in [5, 5.41) is 0. The lowest BCUT2D eigenvalue weighted by molar-refractivity contribution is 0.692. The second-order valence-corrected chi connectivity index (χ2v) is 25.3. The number of nitrogens with zero attached hydrogens (tertiary/aromatic N) is 1. The molecule has 0 aliphatic carbocycles. The minimum Gasteiger partial charge on any atom is -0.310 e. The molecule has 9 aromatic rings. The van der Waals surface area contributed by atoms with Crippen molar-refractivity contribution in [2.45, 2.75) is 134 Å². The zero-order chi connectivity index (χ0) is 53.6. The fourth-order valence-corrected chi connectivity index (χ4v) is 15.1. The molecule has 0 unspecified atom stereocenters. The first-order valence-electron chi connectivity index (χ1n) is 28.7. The maximum Gasteiger partial charge on any atom is 0.240 e. The topological polar surface area (TPSA) is 3.24 Å². The van der Waals surface area contributed by atoms with Gasteiger partial charge < -0.3 is 4.90 Å². The fourth-order valence-electron chi connectivity index (χ4n) is 13.9. The van der Waals surface area contributed by atoms with E-state index in [-0.39, 0.29) is 13.4 Å². The number of hydrogen-bond acceptors (Lipinski definition) is 2. The van der Waals surface area contributed by atoms with Crippen LogP contribution in [0.25, 0.3) is 11.1 Å². The van der Waals surface area contributed by atoms with Crippen LogP contribution in [0.4, 0.5) is 17.1 Å². The van der Waals surface area contributed by atoms with Crippen LogP contribution in [0.1, 0.15) is 174 Å². The van der Waals surface area contributed by atoms with Crippen molar-refractivity contribution in [2.75, 3.05) is 4.90 Å². The molecule has 0 radical (unpaired) electrons. The number of fused-ring (bicyclic) bond motifs is 10. The summed E-state index contributed by atoms with van der Waals surface area (Å²) < 4.78 is 0. The summed E-state index contributed by atoms with van der Waals surface area (Å²) in [6.45, 7) is 28.8. The van der Waals surface area contributed by atoms with Crippen molar-refractivity contribution >= 4 is 75.0 Å². The van der Waals surface area contributed by atoms with Gasteiger partial charge in [-0.15, -0.1) is 0 Å². The summed E-state index contributed by atoms with van der Waals surface area (Å²) in [6, 6.07) is 73.5. The molecule has 3 aliphatic rings. The van der Waals surface area contributed by atoms with E-state index in [2.05, 4.69) is 276 Å². The molecular weight excluding hydrogens is 945 g/mol. The molecule has 12 rings (SSSR count). The summed E-state index contributed by atoms with van der Waals surface area (Å²) >= 11 is 1.90. The zero-order valence-corrected chi connectivity index (χ0v) is 48.2. The Morgan fingerprint density at radius 3 is 1.18 bits per heavy atom. The normalized spacial score (nSPS) is 14.1. The van der Waals surface area contributed by atoms with E-state index in [1.165, 1.54) is 121 Å². The van der Waals surface area contributed by atoms with E-state index in [1.54, 1.807) is 0 Å². The predicted molar refractivity (Wildman–Crippen MR) is 336 cm³/mol. The highest BCUT2D eigenvalue weighted by Gasteiger charge is 2.50. The standard InChI is InChI=1S/C73H73B2NS/c1-44(2)52-39-55(46(5)6)71(56(40-52)47(7)8)74-63-30-17-18-31-64(63)75(72-57(48(9)10)41-53(45(3)4)42-58(72)49(11)12)66-43-51(36-37-65(66)74)50-24-23-25-54(38-50)76-67-32-19-13-26-59(67)73(60-27-14-20-33-68(60)76)61-28-15-21-34-69(61)77-70-35-22-16-29-62(70)73/h13-49H,1-12H3. The third-order valence-electron chi connectivity index (χ3n) is 17.6. The van der Waals surface area contributed by atoms with Gasteiger partial charge in [0.1, 0.15) is 0 Å². The summed E-state index contributed by atoms with van der Waals surface area (Å²) in [5.74, 6) is 2.30. The summed E-state index contributed by atoms with van der Waals surface area (Å²) in [4.78, 5) is 5.17. The van der Waals surface area contributed by atoms with Crippen molar-refractivity contribution in [3.05, 3.63) is 244 Å². The number of anilines is 3. The fraction of sp³-hybridized carbons (Fsp3) is 0.260. The van der Waals surface area contributed by atoms with Gasteiger partial charge in [0.2, 0.25) is 13.4 Å². The molecule has 9 aromatic carbocycles. The summed E-state index contributed by atoms with van der Waals surface area (Å²) in [7, 11) is 0.